The summed E-state index contributed by atoms with van der Waals surface area (Å²) >= 11 is 0. The van der Waals surface area contributed by atoms with E-state index in [2.05, 4.69) is 24.3 Å². The van der Waals surface area contributed by atoms with Crippen molar-refractivity contribution in [2.45, 2.75) is 39.9 Å². The minimum Gasteiger partial charge on any atom is -0.368 e. The first kappa shape index (κ1) is 12.6. The molecule has 0 fully saturated rings. The van der Waals surface area contributed by atoms with Crippen LogP contribution < -0.4 is 0 Å². The molecule has 17 heavy (non-hydrogen) atoms. The topological polar surface area (TPSA) is 29.5 Å². The Morgan fingerprint density at radius 2 is 2.06 bits per heavy atom. The molecule has 2 heteroatoms. The molecule has 0 amide bonds. The minimum absolute atomic E-state index is 0.213. The second-order valence-electron chi connectivity index (χ2n) is 5.97. The van der Waals surface area contributed by atoms with Crippen molar-refractivity contribution in [1.29, 1.82) is 0 Å². The maximum atomic E-state index is 9.88. The van der Waals surface area contributed by atoms with Gasteiger partial charge >= 0.3 is 0 Å². The predicted molar refractivity (Wildman–Crippen MR) is 69.4 cm³/mol. The van der Waals surface area contributed by atoms with E-state index in [1.54, 1.807) is 0 Å². The van der Waals surface area contributed by atoms with Crippen molar-refractivity contribution in [3.05, 3.63) is 35.5 Å². The quantitative estimate of drug-likeness (QED) is 0.760. The molecule has 2 aliphatic rings. The van der Waals surface area contributed by atoms with Crippen molar-refractivity contribution in [3.8, 4) is 0 Å². The van der Waals surface area contributed by atoms with Crippen molar-refractivity contribution in [1.82, 2.24) is 0 Å². The molecule has 0 bridgehead atoms. The van der Waals surface area contributed by atoms with Gasteiger partial charge in [0.25, 0.3) is 0 Å². The molecule has 0 radical (unpaired) electrons. The molecule has 0 aromatic heterocycles. The Kier molecular flexibility index (Phi) is 3.55. The van der Waals surface area contributed by atoms with E-state index in [4.69, 9.17) is 4.74 Å². The molecule has 2 atom stereocenters. The van der Waals surface area contributed by atoms with Crippen LogP contribution in [-0.4, -0.2) is 18.0 Å². The molecule has 2 aliphatic carbocycles. The monoisotopic (exact) mass is 234 g/mol. The Hall–Kier alpha value is -0.860. The Labute approximate surface area is 104 Å². The van der Waals surface area contributed by atoms with Gasteiger partial charge in [0, 0.05) is 11.3 Å². The zero-order valence-corrected chi connectivity index (χ0v) is 10.9. The first-order chi connectivity index (χ1) is 7.98. The predicted octanol–water partition coefficient (Wildman–Crippen LogP) is 3.20. The highest BCUT2D eigenvalue weighted by Gasteiger charge is 2.26. The van der Waals surface area contributed by atoms with Gasteiger partial charge in [-0.15, -0.1) is 0 Å². The van der Waals surface area contributed by atoms with Gasteiger partial charge in [-0.2, -0.15) is 0 Å². The number of hydrogen-bond acceptors (Lipinski definition) is 2. The van der Waals surface area contributed by atoms with Gasteiger partial charge in [0.1, 0.15) is 0 Å². The van der Waals surface area contributed by atoms with Gasteiger partial charge in [-0.05, 0) is 18.4 Å². The first-order valence-electron chi connectivity index (χ1n) is 6.34. The lowest BCUT2D eigenvalue weighted by molar-refractivity contribution is -0.164. The van der Waals surface area contributed by atoms with Crippen LogP contribution in [-0.2, 0) is 4.74 Å². The van der Waals surface area contributed by atoms with Gasteiger partial charge in [-0.25, -0.2) is 0 Å². The van der Waals surface area contributed by atoms with Crippen LogP contribution in [0.2, 0.25) is 0 Å². The normalized spacial score (nSPS) is 25.3. The average Bonchev–Trinajstić information content (AvgIpc) is 2.72. The van der Waals surface area contributed by atoms with Crippen LogP contribution in [0.5, 0.6) is 0 Å². The summed E-state index contributed by atoms with van der Waals surface area (Å²) in [5.41, 5.74) is 2.60. The molecule has 94 valence electrons. The van der Waals surface area contributed by atoms with Crippen LogP contribution in [0, 0.1) is 11.3 Å². The zero-order chi connectivity index (χ0) is 12.5. The van der Waals surface area contributed by atoms with Crippen LogP contribution >= 0.6 is 0 Å². The smallest absolute Gasteiger partial charge is 0.159 e. The second-order valence-corrected chi connectivity index (χ2v) is 5.97. The molecule has 2 rings (SSSR count). The highest BCUT2D eigenvalue weighted by Crippen LogP contribution is 2.34. The van der Waals surface area contributed by atoms with Crippen molar-refractivity contribution in [2.24, 2.45) is 11.3 Å². The van der Waals surface area contributed by atoms with Crippen molar-refractivity contribution in [2.75, 3.05) is 6.61 Å². The standard InChI is InChI=1S/C15H22O2/c1-15(2,3)14(16)17-10-12-8-4-6-11-7-5-9-13(11)12/h4-7,12,14,16H,8-10H2,1-3H3. The summed E-state index contributed by atoms with van der Waals surface area (Å²) < 4.78 is 5.61. The van der Waals surface area contributed by atoms with E-state index in [9.17, 15) is 5.11 Å². The van der Waals surface area contributed by atoms with E-state index >= 15 is 0 Å². The average molecular weight is 234 g/mol. The lowest BCUT2D eigenvalue weighted by Crippen LogP contribution is -2.31. The minimum atomic E-state index is -0.688. The highest BCUT2D eigenvalue weighted by molar-refractivity contribution is 5.45. The van der Waals surface area contributed by atoms with Gasteiger partial charge in [-0.1, -0.05) is 50.6 Å². The summed E-state index contributed by atoms with van der Waals surface area (Å²) in [5, 5.41) is 9.88. The van der Waals surface area contributed by atoms with E-state index in [0.29, 0.717) is 12.5 Å². The van der Waals surface area contributed by atoms with Gasteiger partial charge < -0.3 is 9.84 Å². The molecule has 0 aliphatic heterocycles. The lowest BCUT2D eigenvalue weighted by Gasteiger charge is -2.29. The van der Waals surface area contributed by atoms with Crippen LogP contribution in [0.15, 0.2) is 35.5 Å². The van der Waals surface area contributed by atoms with Crippen molar-refractivity contribution in [3.63, 3.8) is 0 Å². The third-order valence-electron chi connectivity index (χ3n) is 3.41. The molecule has 0 saturated heterocycles. The van der Waals surface area contributed by atoms with E-state index in [1.807, 2.05) is 20.8 Å². The Balaban J connectivity index is 1.91. The van der Waals surface area contributed by atoms with Crippen molar-refractivity contribution < 1.29 is 9.84 Å². The summed E-state index contributed by atoms with van der Waals surface area (Å²) in [4.78, 5) is 0. The molecule has 0 aromatic carbocycles. The largest absolute Gasteiger partial charge is 0.368 e. The molecular formula is C15H22O2. The molecule has 0 heterocycles. The molecule has 2 unspecified atom stereocenters. The second kappa shape index (κ2) is 4.79. The van der Waals surface area contributed by atoms with Crippen LogP contribution in [0.1, 0.15) is 33.6 Å². The highest BCUT2D eigenvalue weighted by atomic mass is 16.6. The van der Waals surface area contributed by atoms with E-state index in [1.165, 1.54) is 11.1 Å². The summed E-state index contributed by atoms with van der Waals surface area (Å²) in [6, 6.07) is 0. The van der Waals surface area contributed by atoms with Gasteiger partial charge in [0.15, 0.2) is 6.29 Å². The number of allylic oxidation sites excluding steroid dienone is 5. The third kappa shape index (κ3) is 2.88. The Morgan fingerprint density at radius 3 is 2.76 bits per heavy atom. The number of hydrogen-bond donors (Lipinski definition) is 1. The maximum Gasteiger partial charge on any atom is 0.159 e. The first-order valence-corrected chi connectivity index (χ1v) is 6.34. The van der Waals surface area contributed by atoms with Crippen molar-refractivity contribution >= 4 is 0 Å². The molecular weight excluding hydrogens is 212 g/mol. The fourth-order valence-electron chi connectivity index (χ4n) is 2.23. The molecule has 0 saturated carbocycles. The number of ether oxygens (including phenoxy) is 1. The number of aliphatic hydroxyl groups excluding tert-OH is 1. The van der Waals surface area contributed by atoms with Gasteiger partial charge in [0.05, 0.1) is 6.61 Å². The lowest BCUT2D eigenvalue weighted by atomic mass is 9.88. The SMILES string of the molecule is CC(C)(C)C(O)OCC1CC=CC2=C1CC=C2. The summed E-state index contributed by atoms with van der Waals surface area (Å²) in [6.07, 6.45) is 10.1. The molecule has 2 nitrogen and oxygen atoms in total. The fourth-order valence-corrected chi connectivity index (χ4v) is 2.23. The van der Waals surface area contributed by atoms with Gasteiger partial charge in [-0.3, -0.25) is 0 Å². The Morgan fingerprint density at radius 1 is 1.35 bits per heavy atom. The van der Waals surface area contributed by atoms with Gasteiger partial charge in [0.2, 0.25) is 0 Å². The van der Waals surface area contributed by atoms with E-state index < -0.39 is 6.29 Å². The van der Waals surface area contributed by atoms with Crippen LogP contribution in [0.3, 0.4) is 0 Å². The maximum absolute atomic E-state index is 9.88. The summed E-state index contributed by atoms with van der Waals surface area (Å²) in [5.74, 6) is 0.432. The number of aliphatic hydroxyl groups is 1. The van der Waals surface area contributed by atoms with E-state index in [-0.39, 0.29) is 5.41 Å². The molecule has 1 N–H and O–H groups in total. The summed E-state index contributed by atoms with van der Waals surface area (Å²) in [6.45, 7) is 6.57. The fraction of sp³-hybridized carbons (Fsp3) is 0.600. The molecule has 0 aromatic rings. The van der Waals surface area contributed by atoms with Crippen LogP contribution in [0.4, 0.5) is 0 Å². The molecule has 0 spiro atoms. The zero-order valence-electron chi connectivity index (χ0n) is 10.9. The summed E-state index contributed by atoms with van der Waals surface area (Å²) in [7, 11) is 0. The van der Waals surface area contributed by atoms with E-state index in [0.717, 1.165) is 12.8 Å². The van der Waals surface area contributed by atoms with Crippen LogP contribution in [0.25, 0.3) is 0 Å². The Bertz CT molecular complexity index is 369. The number of rotatable bonds is 3. The third-order valence-corrected chi connectivity index (χ3v) is 3.41.